The molecule has 0 spiro atoms. The van der Waals surface area contributed by atoms with Gasteiger partial charge in [-0.2, -0.15) is 5.10 Å². The fraction of sp³-hybridized carbons (Fsp3) is 0.286. The molecule has 1 aromatic heterocycles. The third-order valence-corrected chi connectivity index (χ3v) is 5.12. The molecule has 1 aliphatic rings. The zero-order chi connectivity index (χ0) is 17.9. The molecule has 134 valence electrons. The highest BCUT2D eigenvalue weighted by Gasteiger charge is 2.24. The van der Waals surface area contributed by atoms with E-state index >= 15 is 0 Å². The van der Waals surface area contributed by atoms with Gasteiger partial charge in [0.25, 0.3) is 0 Å². The van der Waals surface area contributed by atoms with E-state index in [1.165, 1.54) is 18.2 Å². The zero-order valence-corrected chi connectivity index (χ0v) is 14.5. The number of likely N-dealkylation sites (tertiary alicyclic amines) is 1. The van der Waals surface area contributed by atoms with Crippen LogP contribution in [0.4, 0.5) is 8.78 Å². The smallest absolute Gasteiger partial charge is 0.123 e. The Labute approximate surface area is 151 Å². The monoisotopic (exact) mass is 353 g/mol. The highest BCUT2D eigenvalue weighted by Crippen LogP contribution is 2.34. The van der Waals surface area contributed by atoms with E-state index < -0.39 is 0 Å². The van der Waals surface area contributed by atoms with Gasteiger partial charge in [-0.25, -0.2) is 8.78 Å². The van der Waals surface area contributed by atoms with Crippen molar-refractivity contribution >= 4 is 0 Å². The van der Waals surface area contributed by atoms with Gasteiger partial charge < -0.3 is 0 Å². The number of hydrogen-bond donors (Lipinski definition) is 1. The maximum Gasteiger partial charge on any atom is 0.123 e. The summed E-state index contributed by atoms with van der Waals surface area (Å²) < 4.78 is 26.6. The lowest BCUT2D eigenvalue weighted by Gasteiger charge is -2.32. The molecule has 1 fully saturated rings. The number of aromatic nitrogens is 2. The maximum atomic E-state index is 13.6. The first-order chi connectivity index (χ1) is 12.7. The van der Waals surface area contributed by atoms with E-state index in [4.69, 9.17) is 0 Å². The summed E-state index contributed by atoms with van der Waals surface area (Å²) in [5, 5.41) is 7.33. The molecule has 3 nitrogen and oxygen atoms in total. The van der Waals surface area contributed by atoms with Gasteiger partial charge in [0.1, 0.15) is 11.6 Å². The third-order valence-electron chi connectivity index (χ3n) is 5.12. The number of benzene rings is 2. The van der Waals surface area contributed by atoms with Crippen LogP contribution in [0.2, 0.25) is 0 Å². The van der Waals surface area contributed by atoms with E-state index in [1.807, 2.05) is 18.2 Å². The molecule has 0 saturated carbocycles. The van der Waals surface area contributed by atoms with Crippen LogP contribution in [0.5, 0.6) is 0 Å². The Balaban J connectivity index is 1.42. The summed E-state index contributed by atoms with van der Waals surface area (Å²) in [5.74, 6) is -0.0411. The Morgan fingerprint density at radius 3 is 2.50 bits per heavy atom. The molecule has 5 heteroatoms. The first-order valence-corrected chi connectivity index (χ1v) is 8.95. The summed E-state index contributed by atoms with van der Waals surface area (Å²) in [5.41, 5.74) is 4.08. The molecule has 0 amide bonds. The Morgan fingerprint density at radius 1 is 1.00 bits per heavy atom. The number of H-pyrrole nitrogens is 1. The quantitative estimate of drug-likeness (QED) is 0.735. The molecule has 2 heterocycles. The average molecular weight is 353 g/mol. The molecule has 0 bridgehead atoms. The SMILES string of the molecule is Fc1ccc(CN2CCC(c3[nH]ncc3-c3cccc(F)c3)CC2)cc1. The van der Waals surface area contributed by atoms with E-state index in [9.17, 15) is 8.78 Å². The fourth-order valence-corrected chi connectivity index (χ4v) is 3.72. The Bertz CT molecular complexity index is 865. The lowest BCUT2D eigenvalue weighted by atomic mass is 9.89. The van der Waals surface area contributed by atoms with Crippen LogP contribution in [-0.2, 0) is 6.54 Å². The number of rotatable bonds is 4. The summed E-state index contributed by atoms with van der Waals surface area (Å²) >= 11 is 0. The van der Waals surface area contributed by atoms with Gasteiger partial charge in [0.05, 0.1) is 6.20 Å². The Kier molecular flexibility index (Phi) is 4.80. The number of nitrogens with zero attached hydrogens (tertiary/aromatic N) is 2. The van der Waals surface area contributed by atoms with Crippen molar-refractivity contribution in [1.82, 2.24) is 15.1 Å². The van der Waals surface area contributed by atoms with Gasteiger partial charge in [-0.1, -0.05) is 24.3 Å². The molecule has 1 saturated heterocycles. The highest BCUT2D eigenvalue weighted by atomic mass is 19.1. The van der Waals surface area contributed by atoms with E-state index in [0.29, 0.717) is 5.92 Å². The zero-order valence-electron chi connectivity index (χ0n) is 14.5. The van der Waals surface area contributed by atoms with E-state index in [1.54, 1.807) is 18.3 Å². The second-order valence-electron chi connectivity index (χ2n) is 6.88. The number of piperidine rings is 1. The largest absolute Gasteiger partial charge is 0.299 e. The van der Waals surface area contributed by atoms with Gasteiger partial charge in [0, 0.05) is 23.7 Å². The predicted octanol–water partition coefficient (Wildman–Crippen LogP) is 4.73. The topological polar surface area (TPSA) is 31.9 Å². The minimum absolute atomic E-state index is 0.198. The van der Waals surface area contributed by atoms with Gasteiger partial charge in [0.15, 0.2) is 0 Å². The molecule has 26 heavy (non-hydrogen) atoms. The van der Waals surface area contributed by atoms with Crippen LogP contribution in [0.15, 0.2) is 54.7 Å². The molecule has 2 aromatic carbocycles. The molecule has 4 rings (SSSR count). The predicted molar refractivity (Wildman–Crippen MR) is 97.6 cm³/mol. The molecule has 0 radical (unpaired) electrons. The Morgan fingerprint density at radius 2 is 1.77 bits per heavy atom. The molecule has 3 aromatic rings. The standard InChI is InChI=1S/C21H21F2N3/c22-18-6-4-15(5-7-18)14-26-10-8-16(9-11-26)21-20(13-24-25-21)17-2-1-3-19(23)12-17/h1-7,12-13,16H,8-11,14H2,(H,24,25). The van der Waals surface area contributed by atoms with Crippen LogP contribution in [0.1, 0.15) is 30.0 Å². The maximum absolute atomic E-state index is 13.6. The fourth-order valence-electron chi connectivity index (χ4n) is 3.72. The molecule has 1 aliphatic heterocycles. The second kappa shape index (κ2) is 7.38. The van der Waals surface area contributed by atoms with Crippen molar-refractivity contribution in [1.29, 1.82) is 0 Å². The molecule has 0 unspecified atom stereocenters. The van der Waals surface area contributed by atoms with E-state index in [0.717, 1.165) is 54.9 Å². The minimum Gasteiger partial charge on any atom is -0.299 e. The van der Waals surface area contributed by atoms with Crippen molar-refractivity contribution in [2.24, 2.45) is 0 Å². The normalized spacial score (nSPS) is 16.1. The summed E-state index contributed by atoms with van der Waals surface area (Å²) in [7, 11) is 0. The van der Waals surface area contributed by atoms with E-state index in [-0.39, 0.29) is 11.6 Å². The molecule has 0 atom stereocenters. The van der Waals surface area contributed by atoms with Crippen LogP contribution >= 0.6 is 0 Å². The highest BCUT2D eigenvalue weighted by molar-refractivity contribution is 5.65. The van der Waals surface area contributed by atoms with E-state index in [2.05, 4.69) is 15.1 Å². The van der Waals surface area contributed by atoms with Crippen molar-refractivity contribution in [2.45, 2.75) is 25.3 Å². The third kappa shape index (κ3) is 3.68. The van der Waals surface area contributed by atoms with Crippen LogP contribution in [0, 0.1) is 11.6 Å². The van der Waals surface area contributed by atoms with Crippen LogP contribution in [-0.4, -0.2) is 28.2 Å². The van der Waals surface area contributed by atoms with Crippen molar-refractivity contribution in [3.05, 3.63) is 77.6 Å². The van der Waals surface area contributed by atoms with Crippen LogP contribution in [0.25, 0.3) is 11.1 Å². The van der Waals surface area contributed by atoms with Crippen LogP contribution in [0.3, 0.4) is 0 Å². The molecular formula is C21H21F2N3. The van der Waals surface area contributed by atoms with Crippen molar-refractivity contribution in [3.63, 3.8) is 0 Å². The van der Waals surface area contributed by atoms with Crippen molar-refractivity contribution in [3.8, 4) is 11.1 Å². The number of nitrogens with one attached hydrogen (secondary N) is 1. The molecule has 1 N–H and O–H groups in total. The molecule has 0 aliphatic carbocycles. The Hall–Kier alpha value is -2.53. The summed E-state index contributed by atoms with van der Waals surface area (Å²) in [4.78, 5) is 2.39. The number of aromatic amines is 1. The number of halogens is 2. The summed E-state index contributed by atoms with van der Waals surface area (Å²) in [6.07, 6.45) is 3.83. The van der Waals surface area contributed by atoms with Crippen molar-refractivity contribution < 1.29 is 8.78 Å². The number of hydrogen-bond acceptors (Lipinski definition) is 2. The minimum atomic E-state index is -0.233. The van der Waals surface area contributed by atoms with Gasteiger partial charge >= 0.3 is 0 Å². The first-order valence-electron chi connectivity index (χ1n) is 8.95. The van der Waals surface area contributed by atoms with Gasteiger partial charge in [-0.3, -0.25) is 10.00 Å². The molecular weight excluding hydrogens is 332 g/mol. The summed E-state index contributed by atoms with van der Waals surface area (Å²) in [6.45, 7) is 2.79. The summed E-state index contributed by atoms with van der Waals surface area (Å²) in [6, 6.07) is 13.4. The van der Waals surface area contributed by atoms with Crippen molar-refractivity contribution in [2.75, 3.05) is 13.1 Å². The van der Waals surface area contributed by atoms with Gasteiger partial charge in [0.2, 0.25) is 0 Å². The second-order valence-corrected chi connectivity index (χ2v) is 6.88. The van der Waals surface area contributed by atoms with Gasteiger partial charge in [-0.15, -0.1) is 0 Å². The lowest BCUT2D eigenvalue weighted by molar-refractivity contribution is 0.203. The van der Waals surface area contributed by atoms with Crippen LogP contribution < -0.4 is 0 Å². The first kappa shape index (κ1) is 16.9. The lowest BCUT2D eigenvalue weighted by Crippen LogP contribution is -2.32. The average Bonchev–Trinajstić information content (AvgIpc) is 3.14. The van der Waals surface area contributed by atoms with Gasteiger partial charge in [-0.05, 0) is 61.3 Å².